The van der Waals surface area contributed by atoms with Gasteiger partial charge in [-0.1, -0.05) is 6.42 Å². The van der Waals surface area contributed by atoms with E-state index in [0.29, 0.717) is 0 Å². The van der Waals surface area contributed by atoms with E-state index in [2.05, 4.69) is 4.98 Å². The van der Waals surface area contributed by atoms with Crippen LogP contribution in [0.15, 0.2) is 18.3 Å². The standard InChI is InChI=1S/C12H17NO/c14-12(10-4-1-9-13-10)8-3-7-11(12)5-2-6-11/h1,4,9,13-14H,2-3,5-8H2. The Morgan fingerprint density at radius 1 is 1.14 bits per heavy atom. The summed E-state index contributed by atoms with van der Waals surface area (Å²) in [5.74, 6) is 0. The molecule has 0 aromatic carbocycles. The van der Waals surface area contributed by atoms with Gasteiger partial charge in [0.25, 0.3) is 0 Å². The third-order valence-electron chi connectivity index (χ3n) is 4.43. The lowest BCUT2D eigenvalue weighted by Gasteiger charge is -2.48. The first-order valence-electron chi connectivity index (χ1n) is 5.63. The van der Waals surface area contributed by atoms with Crippen molar-refractivity contribution in [3.05, 3.63) is 24.0 Å². The van der Waals surface area contributed by atoms with Crippen molar-refractivity contribution in [3.8, 4) is 0 Å². The van der Waals surface area contributed by atoms with Crippen LogP contribution in [0.1, 0.15) is 44.2 Å². The van der Waals surface area contributed by atoms with Gasteiger partial charge >= 0.3 is 0 Å². The van der Waals surface area contributed by atoms with Gasteiger partial charge in [-0.25, -0.2) is 0 Å². The highest BCUT2D eigenvalue weighted by Crippen LogP contribution is 2.62. The number of hydrogen-bond acceptors (Lipinski definition) is 1. The van der Waals surface area contributed by atoms with Gasteiger partial charge in [-0.3, -0.25) is 0 Å². The van der Waals surface area contributed by atoms with Gasteiger partial charge in [0.2, 0.25) is 0 Å². The Morgan fingerprint density at radius 2 is 1.86 bits per heavy atom. The maximum Gasteiger partial charge on any atom is 0.110 e. The second-order valence-corrected chi connectivity index (χ2v) is 4.93. The molecule has 2 aliphatic rings. The maximum absolute atomic E-state index is 10.8. The monoisotopic (exact) mass is 191 g/mol. The average Bonchev–Trinajstić information content (AvgIpc) is 2.67. The molecule has 3 rings (SSSR count). The molecule has 14 heavy (non-hydrogen) atoms. The van der Waals surface area contributed by atoms with E-state index in [9.17, 15) is 5.11 Å². The first-order chi connectivity index (χ1) is 6.77. The Bertz CT molecular complexity index is 326. The van der Waals surface area contributed by atoms with Crippen LogP contribution in [0.5, 0.6) is 0 Å². The van der Waals surface area contributed by atoms with Crippen LogP contribution in [0.4, 0.5) is 0 Å². The summed E-state index contributed by atoms with van der Waals surface area (Å²) < 4.78 is 0. The fraction of sp³-hybridized carbons (Fsp3) is 0.667. The lowest BCUT2D eigenvalue weighted by Crippen LogP contribution is -2.46. The van der Waals surface area contributed by atoms with E-state index in [1.807, 2.05) is 18.3 Å². The summed E-state index contributed by atoms with van der Waals surface area (Å²) in [5.41, 5.74) is 0.710. The summed E-state index contributed by atoms with van der Waals surface area (Å²) in [6.07, 6.45) is 8.96. The Labute approximate surface area is 84.3 Å². The smallest absolute Gasteiger partial charge is 0.110 e. The average molecular weight is 191 g/mol. The molecule has 2 aliphatic carbocycles. The zero-order valence-electron chi connectivity index (χ0n) is 8.42. The third-order valence-corrected chi connectivity index (χ3v) is 4.43. The summed E-state index contributed by atoms with van der Waals surface area (Å²) in [4.78, 5) is 3.19. The van der Waals surface area contributed by atoms with Gasteiger partial charge in [0.05, 0.1) is 0 Å². The van der Waals surface area contributed by atoms with E-state index in [1.54, 1.807) is 0 Å². The van der Waals surface area contributed by atoms with Gasteiger partial charge in [0.1, 0.15) is 5.60 Å². The normalized spacial score (nSPS) is 34.6. The highest BCUT2D eigenvalue weighted by molar-refractivity contribution is 5.22. The summed E-state index contributed by atoms with van der Waals surface area (Å²) in [7, 11) is 0. The summed E-state index contributed by atoms with van der Waals surface area (Å²) in [6, 6.07) is 4.02. The molecule has 0 bridgehead atoms. The van der Waals surface area contributed by atoms with E-state index < -0.39 is 5.60 Å². The molecule has 0 amide bonds. The predicted octanol–water partition coefficient (Wildman–Crippen LogP) is 2.56. The number of hydrogen-bond donors (Lipinski definition) is 2. The molecular formula is C12H17NO. The number of nitrogens with one attached hydrogen (secondary N) is 1. The molecule has 1 unspecified atom stereocenters. The van der Waals surface area contributed by atoms with E-state index in [4.69, 9.17) is 0 Å². The molecule has 2 fully saturated rings. The molecule has 2 N–H and O–H groups in total. The molecule has 2 saturated carbocycles. The van der Waals surface area contributed by atoms with Gasteiger partial charge in [-0.15, -0.1) is 0 Å². The second-order valence-electron chi connectivity index (χ2n) is 4.93. The van der Waals surface area contributed by atoms with Crippen molar-refractivity contribution in [2.75, 3.05) is 0 Å². The minimum atomic E-state index is -0.547. The molecule has 1 atom stereocenters. The molecule has 2 heteroatoms. The highest BCUT2D eigenvalue weighted by Gasteiger charge is 2.58. The number of aromatic nitrogens is 1. The van der Waals surface area contributed by atoms with Crippen molar-refractivity contribution in [1.29, 1.82) is 0 Å². The van der Waals surface area contributed by atoms with Crippen LogP contribution in [0.2, 0.25) is 0 Å². The first kappa shape index (κ1) is 8.54. The molecule has 0 radical (unpaired) electrons. The lowest BCUT2D eigenvalue weighted by molar-refractivity contribution is -0.113. The van der Waals surface area contributed by atoms with Crippen molar-refractivity contribution >= 4 is 0 Å². The molecule has 1 spiro atoms. The Kier molecular flexibility index (Phi) is 1.61. The number of H-pyrrole nitrogens is 1. The van der Waals surface area contributed by atoms with Gasteiger partial charge in [0, 0.05) is 17.3 Å². The Balaban J connectivity index is 2.02. The molecule has 2 nitrogen and oxygen atoms in total. The van der Waals surface area contributed by atoms with Gasteiger partial charge in [-0.2, -0.15) is 0 Å². The Morgan fingerprint density at radius 3 is 2.43 bits per heavy atom. The SMILES string of the molecule is OC1(c2ccc[nH]2)CCCC12CCC2. The molecule has 1 aromatic heterocycles. The summed E-state index contributed by atoms with van der Waals surface area (Å²) in [6.45, 7) is 0. The van der Waals surface area contributed by atoms with Crippen molar-refractivity contribution < 1.29 is 5.11 Å². The fourth-order valence-electron chi connectivity index (χ4n) is 3.43. The molecule has 1 aromatic rings. The second kappa shape index (κ2) is 2.63. The minimum Gasteiger partial charge on any atom is -0.383 e. The van der Waals surface area contributed by atoms with Crippen LogP contribution in [0.3, 0.4) is 0 Å². The summed E-state index contributed by atoms with van der Waals surface area (Å²) >= 11 is 0. The van der Waals surface area contributed by atoms with E-state index >= 15 is 0 Å². The van der Waals surface area contributed by atoms with E-state index in [-0.39, 0.29) is 5.41 Å². The molecule has 0 saturated heterocycles. The van der Waals surface area contributed by atoms with Crippen LogP contribution in [0, 0.1) is 5.41 Å². The highest BCUT2D eigenvalue weighted by atomic mass is 16.3. The van der Waals surface area contributed by atoms with E-state index in [0.717, 1.165) is 12.1 Å². The van der Waals surface area contributed by atoms with Crippen LogP contribution in [-0.4, -0.2) is 10.1 Å². The van der Waals surface area contributed by atoms with Crippen LogP contribution in [0.25, 0.3) is 0 Å². The largest absolute Gasteiger partial charge is 0.383 e. The lowest BCUT2D eigenvalue weighted by atomic mass is 9.59. The fourth-order valence-corrected chi connectivity index (χ4v) is 3.43. The minimum absolute atomic E-state index is 0.220. The quantitative estimate of drug-likeness (QED) is 0.703. The number of aliphatic hydroxyl groups is 1. The Hall–Kier alpha value is -0.760. The van der Waals surface area contributed by atoms with Crippen molar-refractivity contribution in [1.82, 2.24) is 4.98 Å². The van der Waals surface area contributed by atoms with Crippen molar-refractivity contribution in [3.63, 3.8) is 0 Å². The van der Waals surface area contributed by atoms with Gasteiger partial charge in [0.15, 0.2) is 0 Å². The van der Waals surface area contributed by atoms with Crippen LogP contribution < -0.4 is 0 Å². The third kappa shape index (κ3) is 0.850. The molecular weight excluding hydrogens is 174 g/mol. The first-order valence-corrected chi connectivity index (χ1v) is 5.63. The van der Waals surface area contributed by atoms with Crippen molar-refractivity contribution in [2.24, 2.45) is 5.41 Å². The summed E-state index contributed by atoms with van der Waals surface area (Å²) in [5, 5.41) is 10.8. The molecule has 1 heterocycles. The van der Waals surface area contributed by atoms with Crippen LogP contribution in [-0.2, 0) is 5.60 Å². The van der Waals surface area contributed by atoms with Crippen molar-refractivity contribution in [2.45, 2.75) is 44.1 Å². The molecule has 0 aliphatic heterocycles. The topological polar surface area (TPSA) is 36.0 Å². The zero-order chi connectivity index (χ0) is 9.65. The maximum atomic E-state index is 10.8. The predicted molar refractivity (Wildman–Crippen MR) is 54.8 cm³/mol. The molecule has 76 valence electrons. The van der Waals surface area contributed by atoms with Gasteiger partial charge in [-0.05, 0) is 44.2 Å². The zero-order valence-corrected chi connectivity index (χ0v) is 8.42. The number of aromatic amines is 1. The van der Waals surface area contributed by atoms with Gasteiger partial charge < -0.3 is 10.1 Å². The van der Waals surface area contributed by atoms with Crippen LogP contribution >= 0.6 is 0 Å². The number of rotatable bonds is 1. The van der Waals surface area contributed by atoms with E-state index in [1.165, 1.54) is 32.1 Å².